The van der Waals surface area contributed by atoms with Gasteiger partial charge in [0.1, 0.15) is 5.69 Å². The molecule has 2 aromatic rings. The van der Waals surface area contributed by atoms with Gasteiger partial charge in [0.15, 0.2) is 0 Å². The monoisotopic (exact) mass is 280 g/mol. The number of nitrogens with two attached hydrogens (primary N) is 1. The average molecular weight is 281 g/mol. The Kier molecular flexibility index (Phi) is 3.36. The van der Waals surface area contributed by atoms with E-state index >= 15 is 0 Å². The Morgan fingerprint density at radius 1 is 1.31 bits per heavy atom. The molecule has 0 amide bonds. The van der Waals surface area contributed by atoms with Crippen molar-refractivity contribution in [1.82, 2.24) is 15.0 Å². The molecule has 2 N–H and O–H groups in total. The number of nitrogens with zero attached hydrogens (tertiary/aromatic N) is 3. The highest BCUT2D eigenvalue weighted by atomic mass is 79.9. The summed E-state index contributed by atoms with van der Waals surface area (Å²) in [4.78, 5) is 0. The van der Waals surface area contributed by atoms with E-state index in [2.05, 4.69) is 26.2 Å². The molecule has 0 fully saturated rings. The molecule has 0 spiro atoms. The highest BCUT2D eigenvalue weighted by molar-refractivity contribution is 9.10. The first-order valence-electron chi connectivity index (χ1n) is 5.14. The van der Waals surface area contributed by atoms with E-state index in [0.717, 1.165) is 28.0 Å². The third kappa shape index (κ3) is 2.01. The highest BCUT2D eigenvalue weighted by Crippen LogP contribution is 2.23. The molecule has 1 aromatic heterocycles. The lowest BCUT2D eigenvalue weighted by atomic mass is 10.1. The minimum atomic E-state index is 0.408. The summed E-state index contributed by atoms with van der Waals surface area (Å²) in [5, 5.41) is 8.16. The number of hydrogen-bond donors (Lipinski definition) is 1. The molecular formula is C11H13BrN4. The first-order chi connectivity index (χ1) is 7.76. The zero-order chi connectivity index (χ0) is 11.5. The van der Waals surface area contributed by atoms with Crippen LogP contribution in [-0.2, 0) is 13.1 Å². The fraction of sp³-hybridized carbons (Fsp3) is 0.273. The zero-order valence-electron chi connectivity index (χ0n) is 9.02. The summed E-state index contributed by atoms with van der Waals surface area (Å²) in [7, 11) is 0. The van der Waals surface area contributed by atoms with Crippen LogP contribution in [0.4, 0.5) is 0 Å². The summed E-state index contributed by atoms with van der Waals surface area (Å²) in [6.07, 6.45) is 0. The predicted molar refractivity (Wildman–Crippen MR) is 66.7 cm³/mol. The van der Waals surface area contributed by atoms with Gasteiger partial charge in [0.2, 0.25) is 0 Å². The van der Waals surface area contributed by atoms with Crippen molar-refractivity contribution < 1.29 is 0 Å². The third-order valence-corrected chi connectivity index (χ3v) is 2.94. The molecule has 5 heteroatoms. The first kappa shape index (κ1) is 11.3. The van der Waals surface area contributed by atoms with Crippen molar-refractivity contribution in [2.45, 2.75) is 20.0 Å². The van der Waals surface area contributed by atoms with Gasteiger partial charge in [-0.15, -0.1) is 5.10 Å². The van der Waals surface area contributed by atoms with Crippen molar-refractivity contribution in [1.29, 1.82) is 0 Å². The van der Waals surface area contributed by atoms with Gasteiger partial charge >= 0.3 is 0 Å². The predicted octanol–water partition coefficient (Wildman–Crippen LogP) is 2.19. The lowest BCUT2D eigenvalue weighted by Crippen LogP contribution is -2.02. The zero-order valence-corrected chi connectivity index (χ0v) is 10.6. The van der Waals surface area contributed by atoms with Crippen molar-refractivity contribution in [2.24, 2.45) is 5.73 Å². The topological polar surface area (TPSA) is 56.7 Å². The van der Waals surface area contributed by atoms with E-state index in [4.69, 9.17) is 5.73 Å². The van der Waals surface area contributed by atoms with Gasteiger partial charge < -0.3 is 5.73 Å². The first-order valence-corrected chi connectivity index (χ1v) is 5.94. The molecule has 0 saturated carbocycles. The lowest BCUT2D eigenvalue weighted by molar-refractivity contribution is 0.632. The van der Waals surface area contributed by atoms with Gasteiger partial charge in [0, 0.05) is 23.1 Å². The van der Waals surface area contributed by atoms with E-state index in [0.29, 0.717) is 6.54 Å². The van der Waals surface area contributed by atoms with E-state index in [1.54, 1.807) is 0 Å². The van der Waals surface area contributed by atoms with E-state index in [1.807, 2.05) is 35.9 Å². The van der Waals surface area contributed by atoms with Crippen LogP contribution < -0.4 is 5.73 Å². The maximum absolute atomic E-state index is 5.66. The molecule has 0 saturated heterocycles. The van der Waals surface area contributed by atoms with Crippen LogP contribution in [-0.4, -0.2) is 15.0 Å². The van der Waals surface area contributed by atoms with Crippen LogP contribution in [0.3, 0.4) is 0 Å². The Morgan fingerprint density at radius 2 is 2.00 bits per heavy atom. The van der Waals surface area contributed by atoms with Crippen LogP contribution in [0.2, 0.25) is 0 Å². The molecule has 2 rings (SSSR count). The quantitative estimate of drug-likeness (QED) is 0.938. The van der Waals surface area contributed by atoms with Gasteiger partial charge in [0.05, 0.1) is 5.69 Å². The van der Waals surface area contributed by atoms with Gasteiger partial charge in [-0.2, -0.15) is 0 Å². The fourth-order valence-electron chi connectivity index (χ4n) is 1.63. The van der Waals surface area contributed by atoms with Crippen molar-refractivity contribution in [3.63, 3.8) is 0 Å². The molecule has 1 heterocycles. The molecule has 16 heavy (non-hydrogen) atoms. The molecular weight excluding hydrogens is 268 g/mol. The van der Waals surface area contributed by atoms with E-state index in [-0.39, 0.29) is 0 Å². The molecule has 0 aliphatic heterocycles. The number of hydrogen-bond acceptors (Lipinski definition) is 3. The van der Waals surface area contributed by atoms with Crippen LogP contribution in [0.25, 0.3) is 11.3 Å². The number of aryl methyl sites for hydroxylation is 1. The Hall–Kier alpha value is -1.20. The maximum atomic E-state index is 5.66. The number of halogens is 1. The van der Waals surface area contributed by atoms with Gasteiger partial charge in [0.25, 0.3) is 0 Å². The SMILES string of the molecule is CCn1nnc(CN)c1-c1ccc(Br)cc1. The summed E-state index contributed by atoms with van der Waals surface area (Å²) in [6, 6.07) is 8.08. The minimum absolute atomic E-state index is 0.408. The van der Waals surface area contributed by atoms with Gasteiger partial charge in [-0.1, -0.05) is 33.3 Å². The van der Waals surface area contributed by atoms with E-state index < -0.39 is 0 Å². The van der Waals surface area contributed by atoms with E-state index in [1.165, 1.54) is 0 Å². The van der Waals surface area contributed by atoms with Crippen molar-refractivity contribution >= 4 is 15.9 Å². The summed E-state index contributed by atoms with van der Waals surface area (Å²) in [5.74, 6) is 0. The van der Waals surface area contributed by atoms with Crippen LogP contribution in [0, 0.1) is 0 Å². The smallest absolute Gasteiger partial charge is 0.104 e. The summed E-state index contributed by atoms with van der Waals surface area (Å²) in [6.45, 7) is 3.24. The molecule has 0 aliphatic carbocycles. The number of benzene rings is 1. The van der Waals surface area contributed by atoms with Gasteiger partial charge in [-0.25, -0.2) is 4.68 Å². The second-order valence-corrected chi connectivity index (χ2v) is 4.33. The van der Waals surface area contributed by atoms with Crippen LogP contribution in [0.5, 0.6) is 0 Å². The van der Waals surface area contributed by atoms with E-state index in [9.17, 15) is 0 Å². The summed E-state index contributed by atoms with van der Waals surface area (Å²) >= 11 is 3.42. The third-order valence-electron chi connectivity index (χ3n) is 2.42. The molecule has 0 aliphatic rings. The molecule has 1 aromatic carbocycles. The largest absolute Gasteiger partial charge is 0.325 e. The summed E-state index contributed by atoms with van der Waals surface area (Å²) < 4.78 is 2.92. The van der Waals surface area contributed by atoms with Crippen molar-refractivity contribution in [2.75, 3.05) is 0 Å². The summed E-state index contributed by atoms with van der Waals surface area (Å²) in [5.41, 5.74) is 8.60. The molecule has 0 radical (unpaired) electrons. The normalized spacial score (nSPS) is 10.7. The Morgan fingerprint density at radius 3 is 2.56 bits per heavy atom. The van der Waals surface area contributed by atoms with Crippen LogP contribution in [0.1, 0.15) is 12.6 Å². The van der Waals surface area contributed by atoms with Crippen LogP contribution in [0.15, 0.2) is 28.7 Å². The molecule has 4 nitrogen and oxygen atoms in total. The van der Waals surface area contributed by atoms with Crippen molar-refractivity contribution in [3.05, 3.63) is 34.4 Å². The van der Waals surface area contributed by atoms with Crippen LogP contribution >= 0.6 is 15.9 Å². The highest BCUT2D eigenvalue weighted by Gasteiger charge is 2.12. The lowest BCUT2D eigenvalue weighted by Gasteiger charge is -2.05. The Bertz CT molecular complexity index is 454. The second-order valence-electron chi connectivity index (χ2n) is 3.41. The number of rotatable bonds is 3. The molecule has 0 unspecified atom stereocenters. The Balaban J connectivity index is 2.52. The Labute approximate surface area is 103 Å². The minimum Gasteiger partial charge on any atom is -0.325 e. The van der Waals surface area contributed by atoms with Gasteiger partial charge in [-0.05, 0) is 19.1 Å². The standard InChI is InChI=1S/C11H13BrN4/c1-2-16-11(10(7-13)14-15-16)8-3-5-9(12)6-4-8/h3-6H,2,7,13H2,1H3. The average Bonchev–Trinajstić information content (AvgIpc) is 2.73. The van der Waals surface area contributed by atoms with Crippen molar-refractivity contribution in [3.8, 4) is 11.3 Å². The number of aromatic nitrogens is 3. The van der Waals surface area contributed by atoms with Gasteiger partial charge in [-0.3, -0.25) is 0 Å². The molecule has 0 bridgehead atoms. The molecule has 0 atom stereocenters. The maximum Gasteiger partial charge on any atom is 0.104 e. The fourth-order valence-corrected chi connectivity index (χ4v) is 1.90. The second kappa shape index (κ2) is 4.76. The molecule has 84 valence electrons.